The second-order valence-corrected chi connectivity index (χ2v) is 1.96. The van der Waals surface area contributed by atoms with Crippen molar-refractivity contribution in [1.29, 1.82) is 5.26 Å². The first-order chi connectivity index (χ1) is 4.77. The Labute approximate surface area is 58.9 Å². The van der Waals surface area contributed by atoms with E-state index in [1.165, 1.54) is 4.68 Å². The first-order valence-corrected chi connectivity index (χ1v) is 2.91. The first-order valence-electron chi connectivity index (χ1n) is 2.91. The van der Waals surface area contributed by atoms with Crippen LogP contribution in [0.5, 0.6) is 0 Å². The molecule has 0 aliphatic heterocycles. The summed E-state index contributed by atoms with van der Waals surface area (Å²) in [5.41, 5.74) is 6.59. The van der Waals surface area contributed by atoms with Crippen molar-refractivity contribution in [3.8, 4) is 6.07 Å². The third-order valence-corrected chi connectivity index (χ3v) is 1.25. The van der Waals surface area contributed by atoms with Crippen LogP contribution in [0.15, 0.2) is 6.07 Å². The summed E-state index contributed by atoms with van der Waals surface area (Å²) >= 11 is 0. The van der Waals surface area contributed by atoms with Crippen LogP contribution < -0.4 is 5.73 Å². The van der Waals surface area contributed by atoms with Gasteiger partial charge in [0, 0.05) is 13.6 Å². The standard InChI is InChI=1S/C6H8N4/c1-10-6(4-8)2-5(3-7)9-10/h2H,3,7H2,1H3. The van der Waals surface area contributed by atoms with Crippen LogP contribution in [0.2, 0.25) is 0 Å². The van der Waals surface area contributed by atoms with E-state index < -0.39 is 0 Å². The van der Waals surface area contributed by atoms with E-state index >= 15 is 0 Å². The van der Waals surface area contributed by atoms with Crippen LogP contribution in [0.1, 0.15) is 11.4 Å². The van der Waals surface area contributed by atoms with Crippen molar-refractivity contribution >= 4 is 0 Å². The molecule has 0 amide bonds. The molecule has 1 rings (SSSR count). The van der Waals surface area contributed by atoms with Gasteiger partial charge in [0.1, 0.15) is 11.8 Å². The molecule has 10 heavy (non-hydrogen) atoms. The summed E-state index contributed by atoms with van der Waals surface area (Å²) in [6, 6.07) is 3.68. The summed E-state index contributed by atoms with van der Waals surface area (Å²) in [6.07, 6.45) is 0. The molecule has 0 spiro atoms. The van der Waals surface area contributed by atoms with E-state index in [1.54, 1.807) is 13.1 Å². The second kappa shape index (κ2) is 2.50. The molecule has 2 N–H and O–H groups in total. The molecule has 0 saturated heterocycles. The lowest BCUT2D eigenvalue weighted by Crippen LogP contribution is -1.98. The van der Waals surface area contributed by atoms with Gasteiger partial charge in [0.15, 0.2) is 0 Å². The molecular formula is C6H8N4. The SMILES string of the molecule is Cn1nc(CN)cc1C#N. The zero-order valence-corrected chi connectivity index (χ0v) is 5.70. The smallest absolute Gasteiger partial charge is 0.138 e. The summed E-state index contributed by atoms with van der Waals surface area (Å²) in [4.78, 5) is 0. The quantitative estimate of drug-likeness (QED) is 0.578. The largest absolute Gasteiger partial charge is 0.325 e. The van der Waals surface area contributed by atoms with E-state index in [1.807, 2.05) is 6.07 Å². The second-order valence-electron chi connectivity index (χ2n) is 1.96. The van der Waals surface area contributed by atoms with Crippen LogP contribution in [0.4, 0.5) is 0 Å². The molecule has 0 aliphatic rings. The molecule has 0 atom stereocenters. The van der Waals surface area contributed by atoms with Gasteiger partial charge in [-0.3, -0.25) is 4.68 Å². The zero-order valence-electron chi connectivity index (χ0n) is 5.70. The molecule has 1 aromatic heterocycles. The summed E-state index contributed by atoms with van der Waals surface area (Å²) in [5, 5.41) is 12.4. The number of hydrogen-bond acceptors (Lipinski definition) is 3. The van der Waals surface area contributed by atoms with Gasteiger partial charge in [-0.15, -0.1) is 0 Å². The van der Waals surface area contributed by atoms with Crippen molar-refractivity contribution < 1.29 is 0 Å². The van der Waals surface area contributed by atoms with Crippen molar-refractivity contribution in [1.82, 2.24) is 9.78 Å². The number of aromatic nitrogens is 2. The Morgan fingerprint density at radius 2 is 2.60 bits per heavy atom. The maximum absolute atomic E-state index is 8.48. The van der Waals surface area contributed by atoms with Crippen LogP contribution in [0, 0.1) is 11.3 Å². The highest BCUT2D eigenvalue weighted by Gasteiger charge is 2.00. The molecule has 0 saturated carbocycles. The van der Waals surface area contributed by atoms with Gasteiger partial charge < -0.3 is 5.73 Å². The normalized spacial score (nSPS) is 9.30. The fraction of sp³-hybridized carbons (Fsp3) is 0.333. The molecule has 0 bridgehead atoms. The fourth-order valence-electron chi connectivity index (χ4n) is 0.731. The molecule has 0 radical (unpaired) electrons. The lowest BCUT2D eigenvalue weighted by molar-refractivity contribution is 0.733. The highest BCUT2D eigenvalue weighted by molar-refractivity contribution is 5.22. The van der Waals surface area contributed by atoms with E-state index in [9.17, 15) is 0 Å². The van der Waals surface area contributed by atoms with Crippen LogP contribution in [-0.4, -0.2) is 9.78 Å². The van der Waals surface area contributed by atoms with E-state index in [-0.39, 0.29) is 0 Å². The Bertz CT molecular complexity index is 268. The average Bonchev–Trinajstić information content (AvgIpc) is 2.30. The monoisotopic (exact) mass is 136 g/mol. The van der Waals surface area contributed by atoms with Gasteiger partial charge in [-0.1, -0.05) is 0 Å². The Morgan fingerprint density at radius 3 is 2.90 bits per heavy atom. The summed E-state index contributed by atoms with van der Waals surface area (Å²) < 4.78 is 1.52. The molecule has 0 aliphatic carbocycles. The predicted molar refractivity (Wildman–Crippen MR) is 35.8 cm³/mol. The molecule has 52 valence electrons. The minimum atomic E-state index is 0.384. The van der Waals surface area contributed by atoms with Crippen molar-refractivity contribution in [2.75, 3.05) is 0 Å². The topological polar surface area (TPSA) is 67.6 Å². The maximum atomic E-state index is 8.48. The van der Waals surface area contributed by atoms with Crippen LogP contribution in [0.25, 0.3) is 0 Å². The van der Waals surface area contributed by atoms with E-state index in [2.05, 4.69) is 5.10 Å². The summed E-state index contributed by atoms with van der Waals surface area (Å²) in [5.74, 6) is 0. The van der Waals surface area contributed by atoms with Crippen LogP contribution >= 0.6 is 0 Å². The van der Waals surface area contributed by atoms with Crippen molar-refractivity contribution in [2.45, 2.75) is 6.54 Å². The predicted octanol–water partition coefficient (Wildman–Crippen LogP) is -0.250. The number of nitrogens with two attached hydrogens (primary N) is 1. The van der Waals surface area contributed by atoms with Crippen LogP contribution in [0.3, 0.4) is 0 Å². The maximum Gasteiger partial charge on any atom is 0.138 e. The highest BCUT2D eigenvalue weighted by atomic mass is 15.3. The molecule has 4 heteroatoms. The number of nitriles is 1. The zero-order chi connectivity index (χ0) is 7.56. The molecular weight excluding hydrogens is 128 g/mol. The van der Waals surface area contributed by atoms with Gasteiger partial charge in [-0.2, -0.15) is 10.4 Å². The lowest BCUT2D eigenvalue weighted by Gasteiger charge is -1.86. The minimum Gasteiger partial charge on any atom is -0.325 e. The van der Waals surface area contributed by atoms with Gasteiger partial charge in [0.05, 0.1) is 5.69 Å². The van der Waals surface area contributed by atoms with Gasteiger partial charge >= 0.3 is 0 Å². The Kier molecular flexibility index (Phi) is 1.69. The van der Waals surface area contributed by atoms with Crippen molar-refractivity contribution in [3.63, 3.8) is 0 Å². The highest BCUT2D eigenvalue weighted by Crippen LogP contribution is 1.98. The summed E-state index contributed by atoms with van der Waals surface area (Å²) in [6.45, 7) is 0.384. The van der Waals surface area contributed by atoms with E-state index in [0.29, 0.717) is 12.2 Å². The number of hydrogen-bond donors (Lipinski definition) is 1. The molecule has 1 aromatic rings. The van der Waals surface area contributed by atoms with E-state index in [4.69, 9.17) is 11.0 Å². The Balaban J connectivity index is 3.07. The average molecular weight is 136 g/mol. The van der Waals surface area contributed by atoms with Gasteiger partial charge in [0.25, 0.3) is 0 Å². The molecule has 1 heterocycles. The van der Waals surface area contributed by atoms with Gasteiger partial charge in [0.2, 0.25) is 0 Å². The molecule has 0 unspecified atom stereocenters. The van der Waals surface area contributed by atoms with Gasteiger partial charge in [-0.05, 0) is 6.07 Å². The summed E-state index contributed by atoms with van der Waals surface area (Å²) in [7, 11) is 1.72. The Morgan fingerprint density at radius 1 is 1.90 bits per heavy atom. The Hall–Kier alpha value is -1.34. The number of rotatable bonds is 1. The lowest BCUT2D eigenvalue weighted by atomic mass is 10.4. The van der Waals surface area contributed by atoms with E-state index in [0.717, 1.165) is 5.69 Å². The van der Waals surface area contributed by atoms with Crippen molar-refractivity contribution in [2.24, 2.45) is 12.8 Å². The molecule has 4 nitrogen and oxygen atoms in total. The molecule has 0 aromatic carbocycles. The molecule has 0 fully saturated rings. The third-order valence-electron chi connectivity index (χ3n) is 1.25. The van der Waals surface area contributed by atoms with Crippen LogP contribution in [-0.2, 0) is 13.6 Å². The number of nitrogens with zero attached hydrogens (tertiary/aromatic N) is 3. The fourth-order valence-corrected chi connectivity index (χ4v) is 0.731. The number of aryl methyl sites for hydroxylation is 1. The first kappa shape index (κ1) is 6.78. The van der Waals surface area contributed by atoms with Gasteiger partial charge in [-0.25, -0.2) is 0 Å². The third kappa shape index (κ3) is 0.993. The van der Waals surface area contributed by atoms with Crippen molar-refractivity contribution in [3.05, 3.63) is 17.5 Å². The minimum absolute atomic E-state index is 0.384.